The molecule has 2 aromatic heterocycles. The number of fused-ring (bicyclic) bond motifs is 2. The Hall–Kier alpha value is -9.10. The Labute approximate surface area is 732 Å². The van der Waals surface area contributed by atoms with Gasteiger partial charge in [0.25, 0.3) is 0 Å². The SMILES string of the molecule is CCCCCN1C(=CC=C2CCCC(C=CC3=[N+](CCCCS(=O)(=O)[O-])c4ccc(S(=O)(=O)[O-])cc4C3(C)C)=C2c2ccc(CCCCC(=O)CCCOCCOCCNC(=O)[C@H](C(C)C)n3cc(-c4ccc(S(N)(=O)=O)cc4)nn3)cc2)C(C)(C)c2cc(C)ccc21.CCCOCCOCCNC(=O)[C@H](C(C)C)n1cc(-c2ccc(S(N)(=O)=O)cc2)nn1. The summed E-state index contributed by atoms with van der Waals surface area (Å²) in [5.74, 6) is -0.849. The van der Waals surface area contributed by atoms with E-state index in [9.17, 15) is 57.2 Å². The monoisotopic (exact) mass is 1780 g/mol. The molecule has 4 heterocycles. The van der Waals surface area contributed by atoms with Crippen molar-refractivity contribution in [2.75, 3.05) is 89.7 Å². The molecule has 29 nitrogen and oxygen atoms in total. The summed E-state index contributed by atoms with van der Waals surface area (Å²) in [4.78, 5) is 41.1. The third-order valence-corrected chi connectivity index (χ3v) is 25.8. The number of carbonyl (C=O) groups is 3. The third kappa shape index (κ3) is 27.7. The van der Waals surface area contributed by atoms with E-state index in [1.54, 1.807) is 42.7 Å². The second-order valence-corrected chi connectivity index (χ2v) is 39.4. The van der Waals surface area contributed by atoms with Crippen molar-refractivity contribution in [1.29, 1.82) is 0 Å². The summed E-state index contributed by atoms with van der Waals surface area (Å²) in [5, 5.41) is 32.7. The number of benzene rings is 5. The molecule has 6 N–H and O–H groups in total. The van der Waals surface area contributed by atoms with Crippen molar-refractivity contribution in [2.24, 2.45) is 22.1 Å². The number of hydrogen-bond acceptors (Lipinski definition) is 22. The maximum Gasteiger partial charge on any atom is 0.245 e. The average molecular weight is 1790 g/mol. The molecule has 0 fully saturated rings. The predicted octanol–water partition coefficient (Wildman–Crippen LogP) is 13.0. The van der Waals surface area contributed by atoms with Crippen LogP contribution < -0.4 is 25.8 Å². The number of rotatable bonds is 47. The van der Waals surface area contributed by atoms with Crippen molar-refractivity contribution >= 4 is 80.5 Å². The van der Waals surface area contributed by atoms with Gasteiger partial charge in [0.2, 0.25) is 37.5 Å². The topological polar surface area (TPSA) is 415 Å². The van der Waals surface area contributed by atoms with Crippen LogP contribution in [0.2, 0.25) is 0 Å². The van der Waals surface area contributed by atoms with Crippen molar-refractivity contribution in [1.82, 2.24) is 40.6 Å². The lowest BCUT2D eigenvalue weighted by molar-refractivity contribution is -0.438. The van der Waals surface area contributed by atoms with Crippen molar-refractivity contribution in [2.45, 2.75) is 210 Å². The second-order valence-electron chi connectivity index (χ2n) is 33.4. The lowest BCUT2D eigenvalue weighted by atomic mass is 9.79. The Bertz CT molecular complexity index is 5450. The molecule has 7 aromatic rings. The molecule has 0 unspecified atom stereocenters. The Balaban J connectivity index is 0.000000471. The van der Waals surface area contributed by atoms with Gasteiger partial charge in [-0.1, -0.05) is 157 Å². The van der Waals surface area contributed by atoms with Crippen LogP contribution in [0.3, 0.4) is 0 Å². The van der Waals surface area contributed by atoms with Gasteiger partial charge in [0.15, 0.2) is 5.71 Å². The summed E-state index contributed by atoms with van der Waals surface area (Å²) in [6.07, 6.45) is 23.6. The quantitative estimate of drug-likeness (QED) is 0.0156. The van der Waals surface area contributed by atoms with Gasteiger partial charge in [-0.3, -0.25) is 14.4 Å². The minimum Gasteiger partial charge on any atom is -0.748 e. The highest BCUT2D eigenvalue weighted by molar-refractivity contribution is 7.89. The first-order chi connectivity index (χ1) is 58.8. The van der Waals surface area contributed by atoms with E-state index in [2.05, 4.69) is 135 Å². The first-order valence-electron chi connectivity index (χ1n) is 42.8. The number of sulfonamides is 2. The number of nitrogens with zero attached hydrogens (tertiary/aromatic N) is 8. The minimum atomic E-state index is -4.76. The number of aromatic nitrogens is 6. The number of Topliss-reactive ketones (excluding diaryl/α,β-unsaturated/α-hetero) is 1. The first kappa shape index (κ1) is 98.7. The number of ketones is 1. The molecule has 10 rings (SSSR count). The fourth-order valence-electron chi connectivity index (χ4n) is 15.8. The zero-order chi connectivity index (χ0) is 90.2. The lowest BCUT2D eigenvalue weighted by Gasteiger charge is -2.28. The van der Waals surface area contributed by atoms with Crippen LogP contribution in [-0.4, -0.2) is 185 Å². The normalized spacial score (nSPS) is 15.9. The average Bonchev–Trinajstić information content (AvgIpc) is 1.59. The van der Waals surface area contributed by atoms with Crippen LogP contribution in [0.5, 0.6) is 0 Å². The van der Waals surface area contributed by atoms with E-state index in [1.165, 1.54) is 79.4 Å². The van der Waals surface area contributed by atoms with Gasteiger partial charge < -0.3 is 43.6 Å². The van der Waals surface area contributed by atoms with Crippen molar-refractivity contribution in [3.63, 3.8) is 0 Å². The van der Waals surface area contributed by atoms with Gasteiger partial charge in [-0.05, 0) is 179 Å². The highest BCUT2D eigenvalue weighted by atomic mass is 32.2. The lowest BCUT2D eigenvalue weighted by Crippen LogP contribution is -2.37. The van der Waals surface area contributed by atoms with E-state index in [0.717, 1.165) is 98.9 Å². The fraction of sp³-hybridized carbons (Fsp3) is 0.495. The fourth-order valence-corrected chi connectivity index (χ4v) is 17.9. The van der Waals surface area contributed by atoms with Gasteiger partial charge in [0.1, 0.15) is 45.9 Å². The molecule has 3 aliphatic rings. The van der Waals surface area contributed by atoms with Crippen molar-refractivity contribution < 1.29 is 80.7 Å². The summed E-state index contributed by atoms with van der Waals surface area (Å²) >= 11 is 0. The summed E-state index contributed by atoms with van der Waals surface area (Å²) in [6.45, 7) is 28.2. The Morgan fingerprint density at radius 1 is 0.565 bits per heavy atom. The number of allylic oxidation sites excluding steroid dienone is 8. The van der Waals surface area contributed by atoms with Crippen LogP contribution in [0.4, 0.5) is 11.4 Å². The van der Waals surface area contributed by atoms with E-state index < -0.39 is 63.5 Å². The molecule has 0 saturated heterocycles. The minimum absolute atomic E-state index is 0.0159. The number of amides is 2. The van der Waals surface area contributed by atoms with E-state index in [0.29, 0.717) is 113 Å². The number of unbranched alkanes of at least 4 members (excludes halogenated alkanes) is 4. The molecule has 0 bridgehead atoms. The highest BCUT2D eigenvalue weighted by Crippen LogP contribution is 2.49. The number of nitrogens with one attached hydrogen (secondary N) is 2. The van der Waals surface area contributed by atoms with Crippen molar-refractivity contribution in [3.05, 3.63) is 191 Å². The molecule has 1 aliphatic carbocycles. The molecule has 2 amide bonds. The number of hydrogen-bond donors (Lipinski definition) is 4. The molecule has 674 valence electrons. The van der Waals surface area contributed by atoms with Crippen molar-refractivity contribution in [3.8, 4) is 22.5 Å². The second kappa shape index (κ2) is 45.4. The zero-order valence-electron chi connectivity index (χ0n) is 73.3. The molecular formula is C91H123N12O17S4-. The molecular weight excluding hydrogens is 1660 g/mol. The van der Waals surface area contributed by atoms with Gasteiger partial charge in [0, 0.05) is 103 Å². The summed E-state index contributed by atoms with van der Waals surface area (Å²) in [7, 11) is -16.8. The van der Waals surface area contributed by atoms with Gasteiger partial charge in [0.05, 0.1) is 82.3 Å². The van der Waals surface area contributed by atoms with Crippen LogP contribution in [0.25, 0.3) is 28.1 Å². The van der Waals surface area contributed by atoms with Crippen LogP contribution in [-0.2, 0) is 90.9 Å². The first-order valence-corrected chi connectivity index (χ1v) is 48.9. The third-order valence-electron chi connectivity index (χ3n) is 22.3. The van der Waals surface area contributed by atoms with E-state index in [4.69, 9.17) is 29.2 Å². The number of ether oxygens (including phenoxy) is 4. The van der Waals surface area contributed by atoms with Gasteiger partial charge in [-0.25, -0.2) is 53.3 Å². The molecule has 2 atom stereocenters. The highest BCUT2D eigenvalue weighted by Gasteiger charge is 2.45. The number of anilines is 1. The maximum absolute atomic E-state index is 13.2. The maximum atomic E-state index is 13.2. The van der Waals surface area contributed by atoms with E-state index >= 15 is 0 Å². The number of primary sulfonamides is 2. The van der Waals surface area contributed by atoms with E-state index in [-0.39, 0.29) is 69.1 Å². The Morgan fingerprint density at radius 2 is 1.10 bits per heavy atom. The number of nitrogens with two attached hydrogens (primary N) is 2. The van der Waals surface area contributed by atoms with Gasteiger partial charge >= 0.3 is 0 Å². The predicted molar refractivity (Wildman–Crippen MR) is 477 cm³/mol. The molecule has 0 spiro atoms. The molecule has 33 heteroatoms. The Kier molecular flexibility index (Phi) is 36.1. The summed E-state index contributed by atoms with van der Waals surface area (Å²) in [5.41, 5.74) is 14.4. The Morgan fingerprint density at radius 3 is 1.64 bits per heavy atom. The summed E-state index contributed by atoms with van der Waals surface area (Å²) < 4.78 is 145. The zero-order valence-corrected chi connectivity index (χ0v) is 76.5. The van der Waals surface area contributed by atoms with E-state index in [1.807, 2.05) is 48.5 Å². The number of aryl methyl sites for hydroxylation is 2. The molecule has 2 aliphatic heterocycles. The van der Waals surface area contributed by atoms with Crippen LogP contribution in [0.1, 0.15) is 199 Å². The molecule has 5 aromatic carbocycles. The smallest absolute Gasteiger partial charge is 0.245 e. The number of carbonyl (C=O) groups excluding carboxylic acids is 3. The molecule has 124 heavy (non-hydrogen) atoms. The van der Waals surface area contributed by atoms with Gasteiger partial charge in [-0.15, -0.1) is 10.2 Å². The van der Waals surface area contributed by atoms with Crippen LogP contribution in [0, 0.1) is 18.8 Å². The van der Waals surface area contributed by atoms with Crippen LogP contribution in [0.15, 0.2) is 177 Å². The van der Waals surface area contributed by atoms with Gasteiger partial charge in [-0.2, -0.15) is 4.58 Å². The van der Waals surface area contributed by atoms with Crippen LogP contribution >= 0.6 is 0 Å². The standard InChI is InChI=1S/C71H93N7O12S3.C20H31N5O5S/c1-9-10-13-40-76-63-35-23-51(4)47-60(63)70(5,6)65(76)37-30-54-19-16-20-55(31-38-66-71(7,8)61-48-59(93(86,87)88)34-36-64(61)77(66)41-14-15-46-91(81,82)83)67(54)56-26-24-52(25-27-56)18-11-12-21-57(79)22-17-42-89-44-45-90-43-39-73-69(80)68(50(2)3)78-49-62(74-75-78)53-28-32-58(33-29-53)92(72,84)85;1-4-10-29-12-13-30-11-9-22-20(26)19(15(2)3)25-14-18(23-24-25)16-5-7-17(8-6-16)31(21,27)28/h23-38,47-50,68H,9-22,39-46H2,1-8H3,(H4-,72,73,80,81,82,83,84,85,86,87,88);5-8,14-15,19H,4,9-13H2,1-3H3,(H,22,26)(H2,21,27,28)/p-1/t68-;19-/m00/s1. The summed E-state index contributed by atoms with van der Waals surface area (Å²) in [6, 6.07) is 30.7. The molecule has 0 radical (unpaired) electrons. The largest absolute Gasteiger partial charge is 0.748 e. The molecule has 0 saturated carbocycles.